The molecule has 0 amide bonds. The summed E-state index contributed by atoms with van der Waals surface area (Å²) in [5, 5.41) is 19.0. The van der Waals surface area contributed by atoms with E-state index in [9.17, 15) is 10.2 Å². The third-order valence-corrected chi connectivity index (χ3v) is 4.20. The Balaban J connectivity index is 1.81. The molecule has 0 atom stereocenters. The van der Waals surface area contributed by atoms with Crippen molar-refractivity contribution in [2.75, 3.05) is 0 Å². The molecule has 0 unspecified atom stereocenters. The number of phenolic OH excluding ortho intramolecular Hbond substituents is 2. The predicted molar refractivity (Wildman–Crippen MR) is 96.1 cm³/mol. The van der Waals surface area contributed by atoms with Gasteiger partial charge in [-0.25, -0.2) is 0 Å². The standard InChI is InChI=1S/C21H28O2/c1-2-3-4-5-8-17-9-6-10-18(13-17)11-7-12-19-14-20(22)16-21(23)15-19/h6,9-10,13-16,22-23H,2-5,7-8,11-12H2,1H3. The molecule has 23 heavy (non-hydrogen) atoms. The van der Waals surface area contributed by atoms with Crippen molar-refractivity contribution in [3.8, 4) is 11.5 Å². The Kier molecular flexibility index (Phi) is 6.99. The Morgan fingerprint density at radius 1 is 0.652 bits per heavy atom. The lowest BCUT2D eigenvalue weighted by molar-refractivity contribution is 0.449. The molecule has 0 aromatic heterocycles. The van der Waals surface area contributed by atoms with Gasteiger partial charge in [0.2, 0.25) is 0 Å². The highest BCUT2D eigenvalue weighted by Gasteiger charge is 2.01. The fourth-order valence-corrected chi connectivity index (χ4v) is 2.99. The molecule has 0 spiro atoms. The molecule has 0 saturated carbocycles. The van der Waals surface area contributed by atoms with Gasteiger partial charge in [-0.05, 0) is 60.9 Å². The first-order valence-corrected chi connectivity index (χ1v) is 8.77. The quantitative estimate of drug-likeness (QED) is 0.609. The minimum Gasteiger partial charge on any atom is -0.508 e. The van der Waals surface area contributed by atoms with E-state index in [-0.39, 0.29) is 11.5 Å². The zero-order valence-corrected chi connectivity index (χ0v) is 14.1. The Labute approximate surface area is 139 Å². The number of hydrogen-bond donors (Lipinski definition) is 2. The molecular formula is C21H28O2. The van der Waals surface area contributed by atoms with E-state index < -0.39 is 0 Å². The van der Waals surface area contributed by atoms with Crippen molar-refractivity contribution in [1.82, 2.24) is 0 Å². The fraction of sp³-hybridized carbons (Fsp3) is 0.429. The number of benzene rings is 2. The summed E-state index contributed by atoms with van der Waals surface area (Å²) in [6.07, 6.45) is 9.29. The summed E-state index contributed by atoms with van der Waals surface area (Å²) < 4.78 is 0. The summed E-state index contributed by atoms with van der Waals surface area (Å²) in [5.41, 5.74) is 3.80. The average Bonchev–Trinajstić information content (AvgIpc) is 2.51. The van der Waals surface area contributed by atoms with Crippen LogP contribution >= 0.6 is 0 Å². The van der Waals surface area contributed by atoms with Gasteiger partial charge in [-0.2, -0.15) is 0 Å². The van der Waals surface area contributed by atoms with Gasteiger partial charge >= 0.3 is 0 Å². The van der Waals surface area contributed by atoms with Gasteiger partial charge in [-0.3, -0.25) is 0 Å². The van der Waals surface area contributed by atoms with E-state index in [0.29, 0.717) is 0 Å². The van der Waals surface area contributed by atoms with E-state index in [1.807, 2.05) is 0 Å². The molecule has 0 heterocycles. The van der Waals surface area contributed by atoms with Crippen molar-refractivity contribution < 1.29 is 10.2 Å². The van der Waals surface area contributed by atoms with E-state index in [1.54, 1.807) is 12.1 Å². The monoisotopic (exact) mass is 312 g/mol. The van der Waals surface area contributed by atoms with Crippen LogP contribution in [0.1, 0.15) is 55.7 Å². The second kappa shape index (κ2) is 9.24. The minimum absolute atomic E-state index is 0.133. The van der Waals surface area contributed by atoms with Crippen molar-refractivity contribution in [1.29, 1.82) is 0 Å². The topological polar surface area (TPSA) is 40.5 Å². The van der Waals surface area contributed by atoms with Crippen molar-refractivity contribution in [3.63, 3.8) is 0 Å². The van der Waals surface area contributed by atoms with Crippen molar-refractivity contribution in [3.05, 3.63) is 59.2 Å². The summed E-state index contributed by atoms with van der Waals surface area (Å²) in [4.78, 5) is 0. The van der Waals surface area contributed by atoms with Gasteiger partial charge in [0.05, 0.1) is 0 Å². The van der Waals surface area contributed by atoms with E-state index in [0.717, 1.165) is 24.8 Å². The molecule has 0 bridgehead atoms. The van der Waals surface area contributed by atoms with Crippen LogP contribution in [-0.2, 0) is 19.3 Å². The molecular weight excluding hydrogens is 284 g/mol. The average molecular weight is 312 g/mol. The molecule has 0 aliphatic carbocycles. The lowest BCUT2D eigenvalue weighted by atomic mass is 10.00. The number of aromatic hydroxyl groups is 2. The number of unbranched alkanes of at least 4 members (excludes halogenated alkanes) is 3. The Bertz CT molecular complexity index is 584. The SMILES string of the molecule is CCCCCCc1cccc(CCCc2cc(O)cc(O)c2)c1. The molecule has 0 fully saturated rings. The Hall–Kier alpha value is -1.96. The van der Waals surface area contributed by atoms with Crippen LogP contribution in [-0.4, -0.2) is 10.2 Å². The molecule has 2 aromatic rings. The Morgan fingerprint density at radius 2 is 1.26 bits per heavy atom. The fourth-order valence-electron chi connectivity index (χ4n) is 2.99. The minimum atomic E-state index is 0.133. The summed E-state index contributed by atoms with van der Waals surface area (Å²) >= 11 is 0. The third kappa shape index (κ3) is 6.35. The van der Waals surface area contributed by atoms with Crippen LogP contribution in [0, 0.1) is 0 Å². The van der Waals surface area contributed by atoms with Gasteiger partial charge in [0, 0.05) is 6.07 Å². The molecule has 2 aromatic carbocycles. The lowest BCUT2D eigenvalue weighted by Gasteiger charge is -2.07. The second-order valence-corrected chi connectivity index (χ2v) is 6.34. The first-order chi connectivity index (χ1) is 11.2. The van der Waals surface area contributed by atoms with E-state index >= 15 is 0 Å². The molecule has 0 radical (unpaired) electrons. The largest absolute Gasteiger partial charge is 0.508 e. The zero-order valence-electron chi connectivity index (χ0n) is 14.1. The molecule has 0 saturated heterocycles. The number of aryl methyl sites for hydroxylation is 3. The van der Waals surface area contributed by atoms with Crippen LogP contribution in [0.15, 0.2) is 42.5 Å². The molecule has 2 rings (SSSR count). The van der Waals surface area contributed by atoms with Gasteiger partial charge in [0.25, 0.3) is 0 Å². The van der Waals surface area contributed by atoms with Crippen molar-refractivity contribution in [2.24, 2.45) is 0 Å². The third-order valence-electron chi connectivity index (χ3n) is 4.20. The number of hydrogen-bond acceptors (Lipinski definition) is 2. The van der Waals surface area contributed by atoms with Crippen LogP contribution in [0.4, 0.5) is 0 Å². The summed E-state index contributed by atoms with van der Waals surface area (Å²) in [6, 6.07) is 13.7. The lowest BCUT2D eigenvalue weighted by Crippen LogP contribution is -1.93. The van der Waals surface area contributed by atoms with Crippen molar-refractivity contribution >= 4 is 0 Å². The number of phenols is 2. The Morgan fingerprint density at radius 3 is 1.91 bits per heavy atom. The van der Waals surface area contributed by atoms with Crippen LogP contribution in [0.25, 0.3) is 0 Å². The van der Waals surface area contributed by atoms with Gasteiger partial charge in [-0.15, -0.1) is 0 Å². The maximum Gasteiger partial charge on any atom is 0.119 e. The van der Waals surface area contributed by atoms with Crippen LogP contribution in [0.5, 0.6) is 11.5 Å². The molecule has 124 valence electrons. The normalized spacial score (nSPS) is 10.8. The maximum absolute atomic E-state index is 9.51. The highest BCUT2D eigenvalue weighted by Crippen LogP contribution is 2.22. The molecule has 2 heteroatoms. The zero-order chi connectivity index (χ0) is 16.5. The summed E-state index contributed by atoms with van der Waals surface area (Å²) in [5.74, 6) is 0.267. The first-order valence-electron chi connectivity index (χ1n) is 8.77. The van der Waals surface area contributed by atoms with Gasteiger partial charge < -0.3 is 10.2 Å². The molecule has 2 N–H and O–H groups in total. The smallest absolute Gasteiger partial charge is 0.119 e. The van der Waals surface area contributed by atoms with Crippen molar-refractivity contribution in [2.45, 2.75) is 58.3 Å². The van der Waals surface area contributed by atoms with Crippen LogP contribution < -0.4 is 0 Å². The van der Waals surface area contributed by atoms with Gasteiger partial charge in [0.15, 0.2) is 0 Å². The van der Waals surface area contributed by atoms with Crippen LogP contribution in [0.2, 0.25) is 0 Å². The summed E-state index contributed by atoms with van der Waals surface area (Å²) in [7, 11) is 0. The van der Waals surface area contributed by atoms with Gasteiger partial charge in [0.1, 0.15) is 11.5 Å². The van der Waals surface area contributed by atoms with Crippen LogP contribution in [0.3, 0.4) is 0 Å². The first kappa shape index (κ1) is 17.4. The molecule has 0 aliphatic heterocycles. The van der Waals surface area contributed by atoms with E-state index in [2.05, 4.69) is 31.2 Å². The molecule has 2 nitrogen and oxygen atoms in total. The highest BCUT2D eigenvalue weighted by atomic mass is 16.3. The van der Waals surface area contributed by atoms with E-state index in [1.165, 1.54) is 49.3 Å². The highest BCUT2D eigenvalue weighted by molar-refractivity contribution is 5.36. The summed E-state index contributed by atoms with van der Waals surface area (Å²) in [6.45, 7) is 2.24. The second-order valence-electron chi connectivity index (χ2n) is 6.34. The predicted octanol–water partition coefficient (Wildman–Crippen LogP) is 5.40. The van der Waals surface area contributed by atoms with Gasteiger partial charge in [-0.1, -0.05) is 50.5 Å². The molecule has 0 aliphatic rings. The maximum atomic E-state index is 9.51. The number of rotatable bonds is 9. The van der Waals surface area contributed by atoms with E-state index in [4.69, 9.17) is 0 Å².